The molecule has 0 radical (unpaired) electrons. The monoisotopic (exact) mass is 270 g/mol. The summed E-state index contributed by atoms with van der Waals surface area (Å²) < 4.78 is 5.84. The van der Waals surface area contributed by atoms with Crippen molar-refractivity contribution in [1.29, 1.82) is 5.26 Å². The second-order valence-electron chi connectivity index (χ2n) is 4.85. The van der Waals surface area contributed by atoms with Gasteiger partial charge in [0.15, 0.2) is 0 Å². The van der Waals surface area contributed by atoms with Gasteiger partial charge in [0.05, 0.1) is 12.6 Å². The van der Waals surface area contributed by atoms with Crippen LogP contribution in [-0.2, 0) is 4.79 Å². The molecule has 1 atom stereocenters. The first-order valence-electron chi connectivity index (χ1n) is 6.76. The van der Waals surface area contributed by atoms with Crippen molar-refractivity contribution in [2.75, 3.05) is 13.1 Å². The molecule has 0 aliphatic carbocycles. The number of hydrogen-bond acceptors (Lipinski definition) is 3. The van der Waals surface area contributed by atoms with Crippen LogP contribution in [0.3, 0.4) is 0 Å². The van der Waals surface area contributed by atoms with Crippen LogP contribution in [0, 0.1) is 11.3 Å². The zero-order valence-corrected chi connectivity index (χ0v) is 11.4. The number of benzene rings is 1. The number of carbonyl (C=O) groups is 1. The summed E-state index contributed by atoms with van der Waals surface area (Å²) in [6.07, 6.45) is 1.63. The van der Waals surface area contributed by atoms with Crippen molar-refractivity contribution in [3.8, 4) is 11.8 Å². The highest BCUT2D eigenvalue weighted by Gasteiger charge is 2.28. The van der Waals surface area contributed by atoms with E-state index in [0.29, 0.717) is 31.5 Å². The summed E-state index contributed by atoms with van der Waals surface area (Å²) in [7, 11) is 0. The summed E-state index contributed by atoms with van der Waals surface area (Å²) in [5, 5.41) is 8.53. The van der Waals surface area contributed by atoms with Gasteiger partial charge in [0.25, 0.3) is 0 Å². The van der Waals surface area contributed by atoms with E-state index in [0.717, 1.165) is 12.2 Å². The summed E-state index contributed by atoms with van der Waals surface area (Å²) in [4.78, 5) is 13.9. The van der Waals surface area contributed by atoms with Crippen molar-refractivity contribution in [2.45, 2.75) is 25.4 Å². The van der Waals surface area contributed by atoms with Crippen LogP contribution in [0.4, 0.5) is 0 Å². The van der Waals surface area contributed by atoms with Crippen LogP contribution >= 0.6 is 0 Å². The van der Waals surface area contributed by atoms with Gasteiger partial charge in [0.2, 0.25) is 5.91 Å². The zero-order valence-electron chi connectivity index (χ0n) is 11.4. The predicted molar refractivity (Wildman–Crippen MR) is 76.0 cm³/mol. The summed E-state index contributed by atoms with van der Waals surface area (Å²) in [5.41, 5.74) is 0.506. The topological polar surface area (TPSA) is 53.3 Å². The third-order valence-electron chi connectivity index (χ3n) is 3.32. The number of hydrogen-bond donors (Lipinski definition) is 0. The quantitative estimate of drug-likeness (QED) is 0.772. The van der Waals surface area contributed by atoms with Crippen LogP contribution in [0.25, 0.3) is 0 Å². The molecule has 1 aliphatic heterocycles. The smallest absolute Gasteiger partial charge is 0.249 e. The minimum absolute atomic E-state index is 0.0325. The number of carbonyl (C=O) groups excluding carboxylic acids is 1. The maximum absolute atomic E-state index is 12.1. The van der Waals surface area contributed by atoms with E-state index in [4.69, 9.17) is 10.00 Å². The number of nitrogens with zero attached hydrogens (tertiary/aromatic N) is 2. The Balaban J connectivity index is 1.84. The van der Waals surface area contributed by atoms with E-state index < -0.39 is 0 Å². The molecule has 0 spiro atoms. The molecule has 1 aromatic rings. The van der Waals surface area contributed by atoms with Crippen molar-refractivity contribution in [3.05, 3.63) is 42.5 Å². The van der Waals surface area contributed by atoms with Crippen LogP contribution in [0.15, 0.2) is 42.5 Å². The lowest BCUT2D eigenvalue weighted by atomic mass is 10.1. The lowest BCUT2D eigenvalue weighted by molar-refractivity contribution is -0.126. The highest BCUT2D eigenvalue weighted by Crippen LogP contribution is 2.19. The number of para-hydroxylation sites is 1. The number of rotatable bonds is 5. The fourth-order valence-corrected chi connectivity index (χ4v) is 2.24. The Morgan fingerprint density at radius 2 is 2.20 bits per heavy atom. The molecule has 0 bridgehead atoms. The predicted octanol–water partition coefficient (Wildman–Crippen LogP) is 2.53. The van der Waals surface area contributed by atoms with Gasteiger partial charge >= 0.3 is 0 Å². The molecular weight excluding hydrogens is 252 g/mol. The van der Waals surface area contributed by atoms with Gasteiger partial charge in [-0.2, -0.15) is 5.26 Å². The number of ether oxygens (including phenoxy) is 1. The van der Waals surface area contributed by atoms with Crippen LogP contribution in [0.2, 0.25) is 0 Å². The first kappa shape index (κ1) is 14.1. The molecule has 1 amide bonds. The maximum atomic E-state index is 12.1. The highest BCUT2D eigenvalue weighted by molar-refractivity contribution is 5.93. The van der Waals surface area contributed by atoms with Crippen LogP contribution in [0.1, 0.15) is 19.3 Å². The third-order valence-corrected chi connectivity index (χ3v) is 3.32. The Hall–Kier alpha value is -2.28. The molecule has 0 saturated carbocycles. The molecule has 0 aromatic heterocycles. The third kappa shape index (κ3) is 3.61. The van der Waals surface area contributed by atoms with Crippen molar-refractivity contribution in [1.82, 2.24) is 4.90 Å². The van der Waals surface area contributed by atoms with Crippen LogP contribution in [0.5, 0.6) is 5.75 Å². The van der Waals surface area contributed by atoms with E-state index in [-0.39, 0.29) is 12.0 Å². The van der Waals surface area contributed by atoms with E-state index in [1.54, 1.807) is 4.90 Å². The lowest BCUT2D eigenvalue weighted by Crippen LogP contribution is -2.31. The Kier molecular flexibility index (Phi) is 4.78. The molecule has 1 unspecified atom stereocenters. The molecule has 0 N–H and O–H groups in total. The molecule has 1 aliphatic rings. The molecule has 1 heterocycles. The minimum Gasteiger partial charge on any atom is -0.489 e. The fourth-order valence-electron chi connectivity index (χ4n) is 2.24. The van der Waals surface area contributed by atoms with Gasteiger partial charge < -0.3 is 9.64 Å². The van der Waals surface area contributed by atoms with Gasteiger partial charge in [-0.25, -0.2) is 0 Å². The van der Waals surface area contributed by atoms with Crippen molar-refractivity contribution in [2.24, 2.45) is 0 Å². The number of likely N-dealkylation sites (tertiary alicyclic amines) is 1. The number of amides is 1. The Morgan fingerprint density at radius 1 is 1.45 bits per heavy atom. The molecule has 2 rings (SSSR count). The highest BCUT2D eigenvalue weighted by atomic mass is 16.5. The minimum atomic E-state index is -0.0561. The molecule has 1 saturated heterocycles. The van der Waals surface area contributed by atoms with Gasteiger partial charge in [0, 0.05) is 25.0 Å². The Morgan fingerprint density at radius 3 is 2.90 bits per heavy atom. The molecule has 4 nitrogen and oxygen atoms in total. The normalized spacial score (nSPS) is 17.6. The average Bonchev–Trinajstić information content (AvgIpc) is 2.93. The first-order valence-corrected chi connectivity index (χ1v) is 6.76. The van der Waals surface area contributed by atoms with E-state index in [2.05, 4.69) is 6.58 Å². The largest absolute Gasteiger partial charge is 0.489 e. The fraction of sp³-hybridized carbons (Fsp3) is 0.375. The van der Waals surface area contributed by atoms with Gasteiger partial charge in [-0.3, -0.25) is 4.79 Å². The van der Waals surface area contributed by atoms with Crippen molar-refractivity contribution in [3.63, 3.8) is 0 Å². The van der Waals surface area contributed by atoms with Crippen molar-refractivity contribution < 1.29 is 9.53 Å². The van der Waals surface area contributed by atoms with E-state index in [1.807, 2.05) is 36.4 Å². The Bertz CT molecular complexity index is 519. The van der Waals surface area contributed by atoms with Gasteiger partial charge in [-0.15, -0.1) is 0 Å². The van der Waals surface area contributed by atoms with Crippen molar-refractivity contribution >= 4 is 5.91 Å². The molecule has 4 heteroatoms. The second-order valence-corrected chi connectivity index (χ2v) is 4.85. The Labute approximate surface area is 119 Å². The molecule has 20 heavy (non-hydrogen) atoms. The maximum Gasteiger partial charge on any atom is 0.249 e. The average molecular weight is 270 g/mol. The SMILES string of the molecule is C=C(CCC#N)C(=O)N1CCC(Oc2ccccc2)C1. The second kappa shape index (κ2) is 6.76. The van der Waals surface area contributed by atoms with Gasteiger partial charge in [-0.1, -0.05) is 24.8 Å². The first-order chi connectivity index (χ1) is 9.70. The summed E-state index contributed by atoms with van der Waals surface area (Å²) in [5.74, 6) is 0.773. The molecule has 1 fully saturated rings. The summed E-state index contributed by atoms with van der Waals surface area (Å²) >= 11 is 0. The van der Waals surface area contributed by atoms with Gasteiger partial charge in [-0.05, 0) is 18.6 Å². The lowest BCUT2D eigenvalue weighted by Gasteiger charge is -2.18. The van der Waals surface area contributed by atoms with Crippen LogP contribution in [-0.4, -0.2) is 30.0 Å². The van der Waals surface area contributed by atoms with Gasteiger partial charge in [0.1, 0.15) is 11.9 Å². The molecular formula is C16H18N2O2. The molecule has 104 valence electrons. The van der Waals surface area contributed by atoms with Crippen LogP contribution < -0.4 is 4.74 Å². The van der Waals surface area contributed by atoms with E-state index in [9.17, 15) is 4.79 Å². The summed E-state index contributed by atoms with van der Waals surface area (Å²) in [6, 6.07) is 11.7. The number of nitriles is 1. The molecule has 1 aromatic carbocycles. The standard InChI is InChI=1S/C16H18N2O2/c1-13(6-5-10-17)16(19)18-11-9-15(12-18)20-14-7-3-2-4-8-14/h2-4,7-8,15H,1,5-6,9,11-12H2. The summed E-state index contributed by atoms with van der Waals surface area (Å²) in [6.45, 7) is 5.03. The van der Waals surface area contributed by atoms with E-state index in [1.165, 1.54) is 0 Å². The van der Waals surface area contributed by atoms with E-state index >= 15 is 0 Å². The zero-order chi connectivity index (χ0) is 14.4.